The average molecular weight is 434 g/mol. The van der Waals surface area contributed by atoms with Gasteiger partial charge in [-0.05, 0) is 61.0 Å². The van der Waals surface area contributed by atoms with Gasteiger partial charge in [0.05, 0.1) is 5.75 Å². The molecule has 3 aromatic carbocycles. The molecule has 4 aromatic rings. The van der Waals surface area contributed by atoms with Crippen molar-refractivity contribution in [3.05, 3.63) is 90.1 Å². The van der Waals surface area contributed by atoms with Gasteiger partial charge >= 0.3 is 6.03 Å². The zero-order chi connectivity index (χ0) is 21.6. The number of halogens is 1. The molecule has 0 saturated carbocycles. The van der Waals surface area contributed by atoms with E-state index < -0.39 is 6.03 Å². The third kappa shape index (κ3) is 5.49. The van der Waals surface area contributed by atoms with Crippen LogP contribution in [0.1, 0.15) is 11.5 Å². The maximum atomic E-state index is 13.6. The fourth-order valence-corrected chi connectivity index (χ4v) is 3.49. The number of thioether (sulfide) groups is 1. The van der Waals surface area contributed by atoms with Gasteiger partial charge in [-0.15, -0.1) is 22.0 Å². The number of nitrogens with one attached hydrogen (secondary N) is 2. The summed E-state index contributed by atoms with van der Waals surface area (Å²) in [5.41, 5.74) is 2.42. The first kappa shape index (κ1) is 20.6. The van der Waals surface area contributed by atoms with Crippen molar-refractivity contribution in [3.63, 3.8) is 0 Å². The molecule has 0 spiro atoms. The van der Waals surface area contributed by atoms with E-state index in [9.17, 15) is 9.18 Å². The van der Waals surface area contributed by atoms with Crippen molar-refractivity contribution >= 4 is 29.2 Å². The van der Waals surface area contributed by atoms with Crippen molar-refractivity contribution in [1.82, 2.24) is 10.2 Å². The lowest BCUT2D eigenvalue weighted by atomic mass is 10.2. The molecule has 0 aliphatic heterocycles. The van der Waals surface area contributed by atoms with Crippen LogP contribution in [0.2, 0.25) is 0 Å². The van der Waals surface area contributed by atoms with Gasteiger partial charge in [0.2, 0.25) is 11.8 Å². The third-order valence-electron chi connectivity index (χ3n) is 4.39. The summed E-state index contributed by atoms with van der Waals surface area (Å²) >= 11 is 1.55. The number of benzene rings is 3. The summed E-state index contributed by atoms with van der Waals surface area (Å²) in [5, 5.41) is 13.5. The molecule has 1 aromatic heterocycles. The fraction of sp³-hybridized carbons (Fsp3) is 0.0870. The van der Waals surface area contributed by atoms with Gasteiger partial charge in [-0.2, -0.15) is 0 Å². The lowest BCUT2D eigenvalue weighted by Gasteiger charge is -2.09. The molecule has 0 saturated heterocycles. The van der Waals surface area contributed by atoms with E-state index in [0.29, 0.717) is 34.5 Å². The Morgan fingerprint density at radius 2 is 1.68 bits per heavy atom. The quantitative estimate of drug-likeness (QED) is 0.357. The number of hydrogen-bond acceptors (Lipinski definition) is 5. The van der Waals surface area contributed by atoms with Crippen molar-refractivity contribution in [1.29, 1.82) is 0 Å². The second-order valence-corrected chi connectivity index (χ2v) is 7.77. The maximum Gasteiger partial charge on any atom is 0.323 e. The largest absolute Gasteiger partial charge is 0.420 e. The number of rotatable bonds is 6. The van der Waals surface area contributed by atoms with E-state index in [1.54, 1.807) is 43.0 Å². The molecule has 156 valence electrons. The molecule has 0 aliphatic carbocycles. The molecule has 2 amide bonds. The van der Waals surface area contributed by atoms with Crippen LogP contribution in [0.15, 0.2) is 82.1 Å². The van der Waals surface area contributed by atoms with Crippen molar-refractivity contribution < 1.29 is 13.6 Å². The fourth-order valence-electron chi connectivity index (χ4n) is 2.75. The van der Waals surface area contributed by atoms with E-state index in [1.165, 1.54) is 6.07 Å². The molecule has 4 rings (SSSR count). The standard InChI is InChI=1S/C23H19FN4O2S/c1-15-7-8-18(13-20(15)24)26-23(29)25-17-9-11-19(12-10-17)31-14-21-27-28-22(30-21)16-5-3-2-4-6-16/h2-13H,14H2,1H3,(H2,25,26,29). The van der Waals surface area contributed by atoms with Gasteiger partial charge < -0.3 is 15.1 Å². The minimum absolute atomic E-state index is 0.365. The molecule has 8 heteroatoms. The molecule has 0 atom stereocenters. The molecule has 0 bridgehead atoms. The number of carbonyl (C=O) groups excluding carboxylic acids is 1. The van der Waals surface area contributed by atoms with Gasteiger partial charge in [-0.3, -0.25) is 0 Å². The monoisotopic (exact) mass is 434 g/mol. The van der Waals surface area contributed by atoms with Gasteiger partial charge in [0.25, 0.3) is 0 Å². The van der Waals surface area contributed by atoms with Crippen LogP contribution in [-0.4, -0.2) is 16.2 Å². The Morgan fingerprint density at radius 1 is 0.968 bits per heavy atom. The average Bonchev–Trinajstić information content (AvgIpc) is 3.26. The van der Waals surface area contributed by atoms with E-state index in [1.807, 2.05) is 42.5 Å². The Hall–Kier alpha value is -3.65. The van der Waals surface area contributed by atoms with Crippen LogP contribution < -0.4 is 10.6 Å². The molecular weight excluding hydrogens is 415 g/mol. The van der Waals surface area contributed by atoms with Crippen LogP contribution >= 0.6 is 11.8 Å². The van der Waals surface area contributed by atoms with E-state index in [0.717, 1.165) is 10.5 Å². The summed E-state index contributed by atoms with van der Waals surface area (Å²) in [6, 6.07) is 21.1. The zero-order valence-electron chi connectivity index (χ0n) is 16.6. The molecular formula is C23H19FN4O2S. The summed E-state index contributed by atoms with van der Waals surface area (Å²) < 4.78 is 19.3. The molecule has 0 aliphatic rings. The van der Waals surface area contributed by atoms with Gasteiger partial charge in [0.15, 0.2) is 0 Å². The van der Waals surface area contributed by atoms with E-state index >= 15 is 0 Å². The Labute approximate surface area is 182 Å². The summed E-state index contributed by atoms with van der Waals surface area (Å²) in [5.74, 6) is 1.20. The number of anilines is 2. The zero-order valence-corrected chi connectivity index (χ0v) is 17.4. The van der Waals surface area contributed by atoms with Gasteiger partial charge in [0, 0.05) is 21.8 Å². The number of urea groups is 1. The highest BCUT2D eigenvalue weighted by Crippen LogP contribution is 2.25. The van der Waals surface area contributed by atoms with Crippen molar-refractivity contribution in [2.75, 3.05) is 10.6 Å². The van der Waals surface area contributed by atoms with Crippen molar-refractivity contribution in [3.8, 4) is 11.5 Å². The number of hydrogen-bond donors (Lipinski definition) is 2. The highest BCUT2D eigenvalue weighted by molar-refractivity contribution is 7.98. The lowest BCUT2D eigenvalue weighted by molar-refractivity contribution is 0.262. The summed E-state index contributed by atoms with van der Waals surface area (Å²) in [6.45, 7) is 1.67. The maximum absolute atomic E-state index is 13.6. The molecule has 1 heterocycles. The van der Waals surface area contributed by atoms with E-state index in [4.69, 9.17) is 4.42 Å². The van der Waals surface area contributed by atoms with Crippen molar-refractivity contribution in [2.24, 2.45) is 0 Å². The Balaban J connectivity index is 1.29. The van der Waals surface area contributed by atoms with Crippen LogP contribution in [0, 0.1) is 12.7 Å². The van der Waals surface area contributed by atoms with E-state index in [-0.39, 0.29) is 5.82 Å². The minimum atomic E-state index is -0.442. The highest BCUT2D eigenvalue weighted by atomic mass is 32.2. The number of amides is 2. The second kappa shape index (κ2) is 9.44. The first-order chi connectivity index (χ1) is 15.1. The molecule has 0 radical (unpaired) electrons. The van der Waals surface area contributed by atoms with Gasteiger partial charge in [0.1, 0.15) is 5.82 Å². The Bertz CT molecular complexity index is 1180. The number of nitrogens with zero attached hydrogens (tertiary/aromatic N) is 2. The highest BCUT2D eigenvalue weighted by Gasteiger charge is 2.09. The van der Waals surface area contributed by atoms with Crippen LogP contribution in [0.3, 0.4) is 0 Å². The predicted octanol–water partition coefficient (Wildman–Crippen LogP) is 6.12. The minimum Gasteiger partial charge on any atom is -0.420 e. The smallest absolute Gasteiger partial charge is 0.323 e. The molecule has 31 heavy (non-hydrogen) atoms. The first-order valence-corrected chi connectivity index (χ1v) is 10.5. The Morgan fingerprint density at radius 3 is 2.42 bits per heavy atom. The predicted molar refractivity (Wildman–Crippen MR) is 120 cm³/mol. The lowest BCUT2D eigenvalue weighted by Crippen LogP contribution is -2.19. The summed E-state index contributed by atoms with van der Waals surface area (Å²) in [7, 11) is 0. The molecule has 0 fully saturated rings. The van der Waals surface area contributed by atoms with Crippen LogP contribution in [0.5, 0.6) is 0 Å². The second-order valence-electron chi connectivity index (χ2n) is 6.72. The van der Waals surface area contributed by atoms with E-state index in [2.05, 4.69) is 20.8 Å². The van der Waals surface area contributed by atoms with Crippen LogP contribution in [0.4, 0.5) is 20.6 Å². The molecule has 6 nitrogen and oxygen atoms in total. The molecule has 0 unspecified atom stereocenters. The molecule has 2 N–H and O–H groups in total. The van der Waals surface area contributed by atoms with Crippen LogP contribution in [-0.2, 0) is 5.75 Å². The number of aromatic nitrogens is 2. The Kier molecular flexibility index (Phi) is 6.28. The van der Waals surface area contributed by atoms with Gasteiger partial charge in [-0.25, -0.2) is 9.18 Å². The topological polar surface area (TPSA) is 80.0 Å². The summed E-state index contributed by atoms with van der Waals surface area (Å²) in [4.78, 5) is 13.1. The van der Waals surface area contributed by atoms with Crippen molar-refractivity contribution in [2.45, 2.75) is 17.6 Å². The van der Waals surface area contributed by atoms with Gasteiger partial charge in [-0.1, -0.05) is 24.3 Å². The summed E-state index contributed by atoms with van der Waals surface area (Å²) in [6.07, 6.45) is 0. The normalized spacial score (nSPS) is 10.6. The van der Waals surface area contributed by atoms with Crippen LogP contribution in [0.25, 0.3) is 11.5 Å². The number of aryl methyl sites for hydroxylation is 1. The first-order valence-electron chi connectivity index (χ1n) is 9.52. The third-order valence-corrected chi connectivity index (χ3v) is 5.39. The SMILES string of the molecule is Cc1ccc(NC(=O)Nc2ccc(SCc3nnc(-c4ccccc4)o3)cc2)cc1F. The number of carbonyl (C=O) groups is 1.